The number of hydrogen-bond acceptors (Lipinski definition) is 7. The molecule has 170 valence electrons. The lowest BCUT2D eigenvalue weighted by molar-refractivity contribution is -0.167. The smallest absolute Gasteiger partial charge is 0.461 e. The summed E-state index contributed by atoms with van der Waals surface area (Å²) in [5, 5.41) is 0. The van der Waals surface area contributed by atoms with Crippen LogP contribution in [0.2, 0.25) is 19.4 Å². The number of rotatable bonds is 9. The lowest BCUT2D eigenvalue weighted by Gasteiger charge is -2.29. The number of ether oxygens (including phenoxy) is 2. The second-order valence-corrected chi connectivity index (χ2v) is 12.9. The van der Waals surface area contributed by atoms with Gasteiger partial charge in [0, 0.05) is 12.4 Å². The maximum Gasteiger partial charge on any atom is 0.462 e. The van der Waals surface area contributed by atoms with Crippen molar-refractivity contribution in [2.75, 3.05) is 0 Å². The topological polar surface area (TPSA) is 80.3 Å². The highest BCUT2D eigenvalue weighted by Crippen LogP contribution is 2.26. The van der Waals surface area contributed by atoms with E-state index >= 15 is 0 Å². The fraction of sp³-hybridized carbons (Fsp3) is 0.810. The van der Waals surface area contributed by atoms with Gasteiger partial charge >= 0.3 is 19.1 Å². The highest BCUT2D eigenvalue weighted by atomic mass is 28.4. The van der Waals surface area contributed by atoms with E-state index in [1.54, 1.807) is 27.7 Å². The summed E-state index contributed by atoms with van der Waals surface area (Å²) in [5.41, 5.74) is 2.12. The second kappa shape index (κ2) is 11.5. The summed E-state index contributed by atoms with van der Waals surface area (Å²) in [6, 6.07) is 0. The Labute approximate surface area is 182 Å². The molecule has 0 radical (unpaired) electrons. The van der Waals surface area contributed by atoms with E-state index in [2.05, 4.69) is 18.8 Å². The van der Waals surface area contributed by atoms with E-state index in [4.69, 9.17) is 23.2 Å². The molecule has 0 aromatic rings. The number of hydrogen-bond donors (Lipinski definition) is 0. The zero-order valence-corrected chi connectivity index (χ0v) is 20.2. The third kappa shape index (κ3) is 8.17. The number of carbonyl (C=O) groups excluding carboxylic acids is 2. The van der Waals surface area contributed by atoms with E-state index in [-0.39, 0.29) is 12.2 Å². The van der Waals surface area contributed by atoms with E-state index in [0.717, 1.165) is 12.8 Å². The van der Waals surface area contributed by atoms with E-state index in [9.17, 15) is 9.59 Å². The summed E-state index contributed by atoms with van der Waals surface area (Å²) in [6.45, 7) is 11.3. The first-order valence-electron chi connectivity index (χ1n) is 11.1. The Morgan fingerprint density at radius 1 is 0.967 bits per heavy atom. The van der Waals surface area contributed by atoms with Crippen molar-refractivity contribution in [3.8, 4) is 0 Å². The van der Waals surface area contributed by atoms with Gasteiger partial charge in [-0.25, -0.2) is 9.59 Å². The highest BCUT2D eigenvalue weighted by molar-refractivity contribution is 6.76. The van der Waals surface area contributed by atoms with E-state index in [0.29, 0.717) is 12.4 Å². The molecule has 1 heterocycles. The maximum atomic E-state index is 12.4. The number of esters is 2. The molecule has 9 heteroatoms. The lowest BCUT2D eigenvalue weighted by Crippen LogP contribution is -2.40. The van der Waals surface area contributed by atoms with Crippen LogP contribution in [-0.4, -0.2) is 57.9 Å². The Morgan fingerprint density at radius 2 is 1.47 bits per heavy atom. The van der Waals surface area contributed by atoms with Gasteiger partial charge in [0.15, 0.2) is 12.2 Å². The van der Waals surface area contributed by atoms with Crippen LogP contribution in [0, 0.1) is 0 Å². The van der Waals surface area contributed by atoms with E-state index < -0.39 is 39.6 Å². The molecule has 7 nitrogen and oxygen atoms in total. The van der Waals surface area contributed by atoms with Gasteiger partial charge in [-0.05, 0) is 53.6 Å². The first kappa shape index (κ1) is 25.1. The predicted octanol–water partition coefficient (Wildman–Crippen LogP) is 3.81. The molecule has 0 N–H and O–H groups in total. The van der Waals surface area contributed by atoms with Crippen molar-refractivity contribution in [2.45, 2.75) is 110 Å². The van der Waals surface area contributed by atoms with Crippen LogP contribution in [0.4, 0.5) is 0 Å². The average molecular weight is 440 g/mol. The predicted molar refractivity (Wildman–Crippen MR) is 117 cm³/mol. The largest absolute Gasteiger partial charge is 0.462 e. The minimum Gasteiger partial charge on any atom is -0.461 e. The molecule has 2 aliphatic rings. The van der Waals surface area contributed by atoms with Crippen molar-refractivity contribution < 1.29 is 32.8 Å². The van der Waals surface area contributed by atoms with Crippen LogP contribution in [0.15, 0.2) is 11.8 Å². The first-order chi connectivity index (χ1) is 14.1. The normalized spacial score (nSPS) is 23.5. The van der Waals surface area contributed by atoms with Crippen LogP contribution in [0.3, 0.4) is 0 Å². The molecule has 1 aliphatic carbocycles. The van der Waals surface area contributed by atoms with Crippen molar-refractivity contribution in [3.05, 3.63) is 11.8 Å². The molecule has 1 aliphatic heterocycles. The zero-order valence-electron chi connectivity index (χ0n) is 19.2. The molecule has 2 rings (SSSR count). The second-order valence-electron chi connectivity index (χ2n) is 9.13. The fourth-order valence-corrected chi connectivity index (χ4v) is 5.56. The van der Waals surface area contributed by atoms with Gasteiger partial charge in [-0.3, -0.25) is 0 Å². The molecule has 0 aromatic carbocycles. The van der Waals surface area contributed by atoms with Crippen molar-refractivity contribution in [1.29, 1.82) is 0 Å². The molecule has 0 amide bonds. The molecule has 2 fully saturated rings. The average Bonchev–Trinajstić information content (AvgIpc) is 3.05. The Hall–Kier alpha value is -1.16. The van der Waals surface area contributed by atoms with Gasteiger partial charge in [-0.1, -0.05) is 31.0 Å². The van der Waals surface area contributed by atoms with Crippen LogP contribution in [0.1, 0.15) is 59.8 Å². The Balaban J connectivity index is 1.95. The van der Waals surface area contributed by atoms with Gasteiger partial charge in [0.2, 0.25) is 8.32 Å². The van der Waals surface area contributed by atoms with Crippen LogP contribution in [0.5, 0.6) is 0 Å². The molecule has 0 aromatic heterocycles. The van der Waals surface area contributed by atoms with Crippen LogP contribution >= 0.6 is 0 Å². The third-order valence-corrected chi connectivity index (χ3v) is 6.89. The molecule has 0 unspecified atom stereocenters. The molecule has 2 atom stereocenters. The SMILES string of the molecule is CC(C)OC(=O)[C@@H]1OB(C/C=C/[Si](C)(C)OC2CCCCC2)O[C@H]1C(=O)OC(C)C. The van der Waals surface area contributed by atoms with Crippen LogP contribution in [0.25, 0.3) is 0 Å². The Bertz CT molecular complexity index is 572. The van der Waals surface area contributed by atoms with Gasteiger partial charge in [-0.2, -0.15) is 0 Å². The molecule has 0 spiro atoms. The summed E-state index contributed by atoms with van der Waals surface area (Å²) in [4.78, 5) is 24.8. The molecular formula is C21H37BO7Si. The van der Waals surface area contributed by atoms with Crippen LogP contribution in [-0.2, 0) is 32.8 Å². The van der Waals surface area contributed by atoms with Gasteiger partial charge in [0.05, 0.1) is 12.2 Å². The van der Waals surface area contributed by atoms with Crippen molar-refractivity contribution >= 4 is 27.4 Å². The van der Waals surface area contributed by atoms with Crippen molar-refractivity contribution in [1.82, 2.24) is 0 Å². The quantitative estimate of drug-likeness (QED) is 0.398. The summed E-state index contributed by atoms with van der Waals surface area (Å²) >= 11 is 0. The minimum atomic E-state index is -1.96. The van der Waals surface area contributed by atoms with E-state index in [1.165, 1.54) is 19.3 Å². The summed E-state index contributed by atoms with van der Waals surface area (Å²) in [6.07, 6.45) is 5.93. The minimum absolute atomic E-state index is 0.314. The fourth-order valence-electron chi connectivity index (χ4n) is 3.68. The maximum absolute atomic E-state index is 12.4. The molecular weight excluding hydrogens is 403 g/mol. The van der Waals surface area contributed by atoms with Gasteiger partial charge in [0.1, 0.15) is 0 Å². The molecule has 30 heavy (non-hydrogen) atoms. The first-order valence-corrected chi connectivity index (χ1v) is 14.1. The van der Waals surface area contributed by atoms with Crippen LogP contribution < -0.4 is 0 Å². The summed E-state index contributed by atoms with van der Waals surface area (Å²) in [7, 11) is -2.67. The summed E-state index contributed by atoms with van der Waals surface area (Å²) < 4.78 is 28.3. The third-order valence-electron chi connectivity index (χ3n) is 4.91. The Morgan fingerprint density at radius 3 is 1.93 bits per heavy atom. The van der Waals surface area contributed by atoms with Gasteiger partial charge in [0.25, 0.3) is 0 Å². The number of carbonyl (C=O) groups is 2. The molecule has 1 saturated heterocycles. The van der Waals surface area contributed by atoms with Gasteiger partial charge in [-0.15, -0.1) is 0 Å². The molecule has 0 bridgehead atoms. The monoisotopic (exact) mass is 440 g/mol. The van der Waals surface area contributed by atoms with Crippen molar-refractivity contribution in [3.63, 3.8) is 0 Å². The summed E-state index contributed by atoms with van der Waals surface area (Å²) in [5.74, 6) is -1.23. The van der Waals surface area contributed by atoms with E-state index in [1.807, 2.05) is 6.08 Å². The zero-order chi connectivity index (χ0) is 22.3. The lowest BCUT2D eigenvalue weighted by atomic mass is 9.85. The molecule has 1 saturated carbocycles. The van der Waals surface area contributed by atoms with Gasteiger partial charge < -0.3 is 23.2 Å². The number of allylic oxidation sites excluding steroid dienone is 1. The Kier molecular flexibility index (Phi) is 9.59. The highest BCUT2D eigenvalue weighted by Gasteiger charge is 2.49. The standard InChI is InChI=1S/C21H37BO7Si/c1-15(2)25-20(23)18-19(21(24)26-16(3)4)28-22(27-18)13-10-14-30(5,6)29-17-11-8-7-9-12-17/h10,14-19H,7-9,11-13H2,1-6H3/b14-10+/t18-,19-/m1/s1. The van der Waals surface area contributed by atoms with Crippen molar-refractivity contribution in [2.24, 2.45) is 0 Å².